The molecule has 1 unspecified atom stereocenters. The average molecular weight is 316 g/mol. The summed E-state index contributed by atoms with van der Waals surface area (Å²) >= 11 is 5.52. The van der Waals surface area contributed by atoms with Gasteiger partial charge in [-0.2, -0.15) is 0 Å². The number of benzene rings is 1. The molecule has 0 saturated carbocycles. The minimum Gasteiger partial charge on any atom is -0.476 e. The number of halogens is 1. The number of nitrogens with one attached hydrogen (secondary N) is 1. The molecule has 0 fully saturated rings. The molecule has 2 N–H and O–H groups in total. The molecule has 0 saturated heterocycles. The van der Waals surface area contributed by atoms with E-state index in [2.05, 4.69) is 5.32 Å². The number of ether oxygens (including phenoxy) is 2. The molecule has 1 rings (SSSR count). The van der Waals surface area contributed by atoms with Gasteiger partial charge in [-0.3, -0.25) is 0 Å². The van der Waals surface area contributed by atoms with Gasteiger partial charge < -0.3 is 19.9 Å². The highest BCUT2D eigenvalue weighted by molar-refractivity contribution is 6.18. The second-order valence-corrected chi connectivity index (χ2v) is 5.35. The first-order valence-corrected chi connectivity index (χ1v) is 7.36. The van der Waals surface area contributed by atoms with E-state index in [0.717, 1.165) is 5.69 Å². The number of carbonyl (C=O) groups excluding carboxylic acids is 1. The van der Waals surface area contributed by atoms with Crippen LogP contribution in [0.4, 0.5) is 5.69 Å². The number of hydrogen-bond acceptors (Lipinski definition) is 5. The van der Waals surface area contributed by atoms with Crippen molar-refractivity contribution in [3.05, 3.63) is 24.3 Å². The van der Waals surface area contributed by atoms with Gasteiger partial charge in [0, 0.05) is 12.2 Å². The Bertz CT molecular complexity index is 447. The number of rotatable bonds is 8. The minimum atomic E-state index is -1.04. The van der Waals surface area contributed by atoms with Gasteiger partial charge in [0.1, 0.15) is 5.75 Å². The van der Waals surface area contributed by atoms with Crippen molar-refractivity contribution >= 4 is 23.3 Å². The van der Waals surface area contributed by atoms with E-state index < -0.39 is 17.7 Å². The zero-order chi connectivity index (χ0) is 15.9. The van der Waals surface area contributed by atoms with Crippen LogP contribution >= 0.6 is 11.6 Å². The predicted molar refractivity (Wildman–Crippen MR) is 83.0 cm³/mol. The van der Waals surface area contributed by atoms with E-state index in [9.17, 15) is 9.90 Å². The fraction of sp³-hybridized carbons (Fsp3) is 0.533. The van der Waals surface area contributed by atoms with Crippen LogP contribution < -0.4 is 10.1 Å². The number of anilines is 1. The largest absolute Gasteiger partial charge is 0.476 e. The predicted octanol–water partition coefficient (Wildman–Crippen LogP) is 2.42. The van der Waals surface area contributed by atoms with Crippen molar-refractivity contribution in [3.63, 3.8) is 0 Å². The van der Waals surface area contributed by atoms with Gasteiger partial charge in [0.25, 0.3) is 0 Å². The molecular weight excluding hydrogens is 294 g/mol. The van der Waals surface area contributed by atoms with E-state index in [-0.39, 0.29) is 5.88 Å². The highest BCUT2D eigenvalue weighted by Gasteiger charge is 2.31. The molecule has 5 nitrogen and oxygen atoms in total. The molecule has 1 aromatic carbocycles. The molecule has 118 valence electrons. The summed E-state index contributed by atoms with van der Waals surface area (Å²) in [6, 6.07) is 7.10. The number of carbonyl (C=O) groups is 1. The number of alkyl halides is 1. The quantitative estimate of drug-likeness (QED) is 0.569. The van der Waals surface area contributed by atoms with Crippen molar-refractivity contribution in [2.75, 3.05) is 24.3 Å². The molecule has 6 heteroatoms. The van der Waals surface area contributed by atoms with E-state index >= 15 is 0 Å². The second-order valence-electron chi connectivity index (χ2n) is 5.05. The van der Waals surface area contributed by atoms with Gasteiger partial charge in [0.15, 0.2) is 5.60 Å². The molecule has 0 spiro atoms. The molecule has 1 atom stereocenters. The molecular formula is C15H22ClNO4. The van der Waals surface area contributed by atoms with Gasteiger partial charge in [-0.1, -0.05) is 0 Å². The Labute approximate surface area is 130 Å². The Kier molecular flexibility index (Phi) is 6.78. The first kappa shape index (κ1) is 17.6. The van der Waals surface area contributed by atoms with E-state index in [0.29, 0.717) is 18.9 Å². The third kappa shape index (κ3) is 5.81. The molecule has 0 aliphatic carbocycles. The maximum absolute atomic E-state index is 11.7. The van der Waals surface area contributed by atoms with Crippen molar-refractivity contribution in [1.82, 2.24) is 0 Å². The van der Waals surface area contributed by atoms with Crippen LogP contribution in [0.5, 0.6) is 5.75 Å². The van der Waals surface area contributed by atoms with Crippen molar-refractivity contribution in [3.8, 4) is 5.75 Å². The van der Waals surface area contributed by atoms with Crippen molar-refractivity contribution in [2.45, 2.75) is 32.5 Å². The molecule has 1 aromatic rings. The summed E-state index contributed by atoms with van der Waals surface area (Å²) in [5, 5.41) is 12.4. The zero-order valence-electron chi connectivity index (χ0n) is 12.6. The number of esters is 1. The third-order valence-corrected chi connectivity index (χ3v) is 3.07. The molecule has 21 heavy (non-hydrogen) atoms. The van der Waals surface area contributed by atoms with Gasteiger partial charge >= 0.3 is 5.97 Å². The molecule has 0 amide bonds. The molecule has 0 aliphatic heterocycles. The summed E-state index contributed by atoms with van der Waals surface area (Å²) < 4.78 is 10.6. The number of aliphatic hydroxyl groups excluding tert-OH is 1. The Morgan fingerprint density at radius 2 is 2.00 bits per heavy atom. The summed E-state index contributed by atoms with van der Waals surface area (Å²) in [6.07, 6.45) is -0.592. The standard InChI is InChI=1S/C15H22ClNO4/c1-4-20-14(19)15(2,3)21-13-7-5-11(6-8-13)17-10-12(18)9-16/h5-8,12,17-18H,4,9-10H2,1-3H3. The van der Waals surface area contributed by atoms with E-state index in [4.69, 9.17) is 21.1 Å². The Morgan fingerprint density at radius 1 is 1.38 bits per heavy atom. The minimum absolute atomic E-state index is 0.182. The lowest BCUT2D eigenvalue weighted by Crippen LogP contribution is -2.39. The topological polar surface area (TPSA) is 67.8 Å². The van der Waals surface area contributed by atoms with Gasteiger partial charge in [-0.25, -0.2) is 4.79 Å². The summed E-state index contributed by atoms with van der Waals surface area (Å²) in [5.74, 6) is 0.344. The van der Waals surface area contributed by atoms with E-state index in [1.54, 1.807) is 45.0 Å². The first-order valence-electron chi connectivity index (χ1n) is 6.83. The summed E-state index contributed by atoms with van der Waals surface area (Å²) in [5.41, 5.74) is -0.208. The SMILES string of the molecule is CCOC(=O)C(C)(C)Oc1ccc(NCC(O)CCl)cc1. The monoisotopic (exact) mass is 315 g/mol. The second kappa shape index (κ2) is 8.10. The van der Waals surface area contributed by atoms with Crippen LogP contribution in [0.1, 0.15) is 20.8 Å². The number of hydrogen-bond donors (Lipinski definition) is 2. The van der Waals surface area contributed by atoms with Crippen molar-refractivity contribution < 1.29 is 19.4 Å². The van der Waals surface area contributed by atoms with Crippen LogP contribution in [0.3, 0.4) is 0 Å². The van der Waals surface area contributed by atoms with Gasteiger partial charge in [-0.15, -0.1) is 11.6 Å². The average Bonchev–Trinajstić information content (AvgIpc) is 2.46. The molecule has 0 aliphatic rings. The smallest absolute Gasteiger partial charge is 0.349 e. The fourth-order valence-electron chi connectivity index (χ4n) is 1.57. The van der Waals surface area contributed by atoms with Crippen molar-refractivity contribution in [1.29, 1.82) is 0 Å². The molecule has 0 heterocycles. The Morgan fingerprint density at radius 3 is 2.52 bits per heavy atom. The van der Waals surface area contributed by atoms with Gasteiger partial charge in [0.05, 0.1) is 18.6 Å². The van der Waals surface area contributed by atoms with Gasteiger partial charge in [0.2, 0.25) is 0 Å². The summed E-state index contributed by atoms with van der Waals surface area (Å²) in [6.45, 7) is 5.76. The molecule has 0 bridgehead atoms. The highest BCUT2D eigenvalue weighted by Crippen LogP contribution is 2.21. The van der Waals surface area contributed by atoms with Crippen LogP contribution in [-0.2, 0) is 9.53 Å². The maximum Gasteiger partial charge on any atom is 0.349 e. The molecule has 0 aromatic heterocycles. The molecule has 0 radical (unpaired) electrons. The van der Waals surface area contributed by atoms with E-state index in [1.165, 1.54) is 0 Å². The normalized spacial score (nSPS) is 12.6. The van der Waals surface area contributed by atoms with Gasteiger partial charge in [-0.05, 0) is 45.0 Å². The van der Waals surface area contributed by atoms with Crippen LogP contribution in [0.25, 0.3) is 0 Å². The zero-order valence-corrected chi connectivity index (χ0v) is 13.3. The Hall–Kier alpha value is -1.46. The third-order valence-electron chi connectivity index (χ3n) is 2.71. The fourth-order valence-corrected chi connectivity index (χ4v) is 1.68. The lowest BCUT2D eigenvalue weighted by atomic mass is 10.1. The van der Waals surface area contributed by atoms with Crippen molar-refractivity contribution in [2.24, 2.45) is 0 Å². The van der Waals surface area contributed by atoms with E-state index in [1.807, 2.05) is 0 Å². The first-order chi connectivity index (χ1) is 9.89. The van der Waals surface area contributed by atoms with Crippen LogP contribution in [0.2, 0.25) is 0 Å². The maximum atomic E-state index is 11.7. The summed E-state index contributed by atoms with van der Waals surface area (Å²) in [4.78, 5) is 11.7. The number of aliphatic hydroxyl groups is 1. The lowest BCUT2D eigenvalue weighted by molar-refractivity contribution is -0.158. The lowest BCUT2D eigenvalue weighted by Gasteiger charge is -2.24. The summed E-state index contributed by atoms with van der Waals surface area (Å²) in [7, 11) is 0. The van der Waals surface area contributed by atoms with Crippen LogP contribution in [-0.4, -0.2) is 41.8 Å². The Balaban J connectivity index is 2.60. The van der Waals surface area contributed by atoms with Crippen LogP contribution in [0, 0.1) is 0 Å². The van der Waals surface area contributed by atoms with Crippen LogP contribution in [0.15, 0.2) is 24.3 Å². The highest BCUT2D eigenvalue weighted by atomic mass is 35.5.